The fraction of sp³-hybridized carbons (Fsp3) is 0.261. The summed E-state index contributed by atoms with van der Waals surface area (Å²) >= 11 is 7.64. The van der Waals surface area contributed by atoms with E-state index in [-0.39, 0.29) is 18.4 Å². The summed E-state index contributed by atoms with van der Waals surface area (Å²) in [6, 6.07) is 14.2. The number of aromatic nitrogens is 2. The van der Waals surface area contributed by atoms with Gasteiger partial charge in [0.2, 0.25) is 5.91 Å². The van der Waals surface area contributed by atoms with Gasteiger partial charge >= 0.3 is 0 Å². The average Bonchev–Trinajstić information content (AvgIpc) is 2.79. The molecule has 0 spiro atoms. The van der Waals surface area contributed by atoms with Gasteiger partial charge < -0.3 is 10.2 Å². The van der Waals surface area contributed by atoms with Gasteiger partial charge in [-0.3, -0.25) is 4.79 Å². The number of benzene rings is 2. The maximum absolute atomic E-state index is 13.2. The van der Waals surface area contributed by atoms with Gasteiger partial charge in [-0.1, -0.05) is 47.6 Å². The van der Waals surface area contributed by atoms with Crippen LogP contribution in [0.4, 0.5) is 10.2 Å². The molecule has 0 radical (unpaired) electrons. The number of halogens is 2. The molecule has 0 bridgehead atoms. The second-order valence-corrected chi connectivity index (χ2v) is 8.81. The van der Waals surface area contributed by atoms with Crippen LogP contribution in [0.5, 0.6) is 0 Å². The molecule has 1 atom stereocenters. The Kier molecular flexibility index (Phi) is 7.04. The third kappa shape index (κ3) is 5.54. The molecule has 31 heavy (non-hydrogen) atoms. The molecule has 8 heteroatoms. The van der Waals surface area contributed by atoms with Crippen molar-refractivity contribution in [2.24, 2.45) is 5.92 Å². The predicted octanol–water partition coefficient (Wildman–Crippen LogP) is 4.95. The topological polar surface area (TPSA) is 58.1 Å². The van der Waals surface area contributed by atoms with E-state index in [0.29, 0.717) is 17.1 Å². The molecule has 160 valence electrons. The Labute approximate surface area is 190 Å². The van der Waals surface area contributed by atoms with Gasteiger partial charge in [-0.25, -0.2) is 14.4 Å². The molecule has 2 heterocycles. The molecular weight excluding hydrogens is 435 g/mol. The first-order valence-corrected chi connectivity index (χ1v) is 11.3. The summed E-state index contributed by atoms with van der Waals surface area (Å²) in [5, 5.41) is 4.08. The van der Waals surface area contributed by atoms with Crippen LogP contribution in [0.2, 0.25) is 5.02 Å². The number of hydrogen-bond acceptors (Lipinski definition) is 5. The van der Waals surface area contributed by atoms with Gasteiger partial charge in [-0.05, 0) is 42.7 Å². The van der Waals surface area contributed by atoms with Gasteiger partial charge in [0.1, 0.15) is 10.8 Å². The quantitative estimate of drug-likeness (QED) is 0.568. The third-order valence-corrected chi connectivity index (χ3v) is 6.51. The minimum atomic E-state index is -0.392. The largest absolute Gasteiger partial charge is 0.354 e. The third-order valence-electron chi connectivity index (χ3n) is 5.16. The Morgan fingerprint density at radius 2 is 2.00 bits per heavy atom. The smallest absolute Gasteiger partial charge is 0.225 e. The van der Waals surface area contributed by atoms with E-state index in [9.17, 15) is 9.18 Å². The molecule has 1 aliphatic heterocycles. The van der Waals surface area contributed by atoms with Crippen LogP contribution in [0, 0.1) is 11.7 Å². The lowest BCUT2D eigenvalue weighted by Gasteiger charge is -2.33. The number of nitrogens with zero attached hydrogens (tertiary/aromatic N) is 3. The molecule has 1 aromatic heterocycles. The van der Waals surface area contributed by atoms with Gasteiger partial charge in [0, 0.05) is 41.9 Å². The number of amides is 1. The number of anilines is 1. The normalized spacial score (nSPS) is 16.2. The molecule has 0 unspecified atom stereocenters. The number of rotatable bonds is 6. The van der Waals surface area contributed by atoms with E-state index in [0.717, 1.165) is 35.1 Å². The number of carbonyl (C=O) groups excluding carboxylic acids is 1. The molecule has 1 saturated heterocycles. The van der Waals surface area contributed by atoms with E-state index >= 15 is 0 Å². The summed E-state index contributed by atoms with van der Waals surface area (Å²) in [7, 11) is 0. The second-order valence-electron chi connectivity index (χ2n) is 7.34. The Morgan fingerprint density at radius 1 is 1.19 bits per heavy atom. The number of nitrogens with one attached hydrogen (secondary N) is 1. The first kappa shape index (κ1) is 21.6. The van der Waals surface area contributed by atoms with Crippen molar-refractivity contribution in [1.29, 1.82) is 0 Å². The SMILES string of the molecule is O=C(NCc1ccc(F)cc1Cl)[C@@H]1CCCN(c2nccnc2Sc2ccccc2)C1. The van der Waals surface area contributed by atoms with Crippen LogP contribution in [0.25, 0.3) is 0 Å². The van der Waals surface area contributed by atoms with Gasteiger partial charge in [0.25, 0.3) is 0 Å². The lowest BCUT2D eigenvalue weighted by atomic mass is 9.97. The van der Waals surface area contributed by atoms with Gasteiger partial charge in [0.05, 0.1) is 5.92 Å². The molecule has 5 nitrogen and oxygen atoms in total. The Morgan fingerprint density at radius 3 is 2.81 bits per heavy atom. The van der Waals surface area contributed by atoms with Crippen LogP contribution in [0.3, 0.4) is 0 Å². The highest BCUT2D eigenvalue weighted by atomic mass is 35.5. The number of carbonyl (C=O) groups is 1. The maximum Gasteiger partial charge on any atom is 0.225 e. The van der Waals surface area contributed by atoms with Crippen molar-refractivity contribution < 1.29 is 9.18 Å². The van der Waals surface area contributed by atoms with Crippen molar-refractivity contribution in [2.45, 2.75) is 29.3 Å². The summed E-state index contributed by atoms with van der Waals surface area (Å²) in [5.41, 5.74) is 0.694. The van der Waals surface area contributed by atoms with Crippen LogP contribution in [-0.2, 0) is 11.3 Å². The number of piperidine rings is 1. The van der Waals surface area contributed by atoms with Crippen molar-refractivity contribution in [1.82, 2.24) is 15.3 Å². The molecule has 1 aliphatic rings. The van der Waals surface area contributed by atoms with Crippen molar-refractivity contribution in [3.05, 3.63) is 77.3 Å². The van der Waals surface area contributed by atoms with Crippen molar-refractivity contribution in [3.8, 4) is 0 Å². The minimum Gasteiger partial charge on any atom is -0.354 e. The van der Waals surface area contributed by atoms with Crippen LogP contribution in [0.15, 0.2) is 70.8 Å². The summed E-state index contributed by atoms with van der Waals surface area (Å²) in [4.78, 5) is 25.1. The summed E-state index contributed by atoms with van der Waals surface area (Å²) in [6.45, 7) is 1.67. The highest BCUT2D eigenvalue weighted by Gasteiger charge is 2.28. The molecule has 1 fully saturated rings. The molecule has 1 amide bonds. The lowest BCUT2D eigenvalue weighted by Crippen LogP contribution is -2.43. The van der Waals surface area contributed by atoms with Crippen LogP contribution in [-0.4, -0.2) is 29.0 Å². The predicted molar refractivity (Wildman–Crippen MR) is 121 cm³/mol. The Balaban J connectivity index is 1.42. The fourth-order valence-electron chi connectivity index (χ4n) is 3.58. The second kappa shape index (κ2) is 10.1. The van der Waals surface area contributed by atoms with Gasteiger partial charge in [-0.15, -0.1) is 0 Å². The van der Waals surface area contributed by atoms with Crippen LogP contribution in [0.1, 0.15) is 18.4 Å². The van der Waals surface area contributed by atoms with Crippen molar-refractivity contribution in [2.75, 3.05) is 18.0 Å². The summed E-state index contributed by atoms with van der Waals surface area (Å²) in [5.74, 6) is 0.211. The summed E-state index contributed by atoms with van der Waals surface area (Å²) < 4.78 is 13.2. The molecule has 0 aliphatic carbocycles. The minimum absolute atomic E-state index is 0.0359. The standard InChI is InChI=1S/C23H22ClFN4OS/c24-20-13-18(25)9-8-16(20)14-28-22(30)17-5-4-12-29(15-17)21-23(27-11-10-26-21)31-19-6-2-1-3-7-19/h1-3,6-11,13,17H,4-5,12,14-15H2,(H,28,30)/t17-/m1/s1. The number of hydrogen-bond donors (Lipinski definition) is 1. The van der Waals surface area contributed by atoms with Crippen molar-refractivity contribution >= 4 is 35.1 Å². The molecular formula is C23H22ClFN4OS. The molecule has 0 saturated carbocycles. The highest BCUT2D eigenvalue weighted by molar-refractivity contribution is 7.99. The zero-order valence-corrected chi connectivity index (χ0v) is 18.4. The molecule has 4 rings (SSSR count). The maximum atomic E-state index is 13.2. The van der Waals surface area contributed by atoms with E-state index in [2.05, 4.69) is 20.2 Å². The first-order chi connectivity index (χ1) is 15.1. The Bertz CT molecular complexity index is 1050. The van der Waals surface area contributed by atoms with Crippen molar-refractivity contribution in [3.63, 3.8) is 0 Å². The van der Waals surface area contributed by atoms with E-state index in [4.69, 9.17) is 11.6 Å². The van der Waals surface area contributed by atoms with Gasteiger partial charge in [-0.2, -0.15) is 0 Å². The van der Waals surface area contributed by atoms with E-state index in [1.54, 1.807) is 30.2 Å². The fourth-order valence-corrected chi connectivity index (χ4v) is 4.72. The van der Waals surface area contributed by atoms with Gasteiger partial charge in [0.15, 0.2) is 5.82 Å². The molecule has 1 N–H and O–H groups in total. The van der Waals surface area contributed by atoms with E-state index in [1.165, 1.54) is 12.1 Å². The zero-order valence-electron chi connectivity index (χ0n) is 16.8. The van der Waals surface area contributed by atoms with Crippen LogP contribution >= 0.6 is 23.4 Å². The average molecular weight is 457 g/mol. The first-order valence-electron chi connectivity index (χ1n) is 10.1. The zero-order chi connectivity index (χ0) is 21.6. The Hall–Kier alpha value is -2.64. The summed E-state index contributed by atoms with van der Waals surface area (Å²) in [6.07, 6.45) is 5.07. The van der Waals surface area contributed by atoms with E-state index in [1.807, 2.05) is 30.3 Å². The van der Waals surface area contributed by atoms with Crippen LogP contribution < -0.4 is 10.2 Å². The molecule has 3 aromatic rings. The molecule has 2 aromatic carbocycles. The highest BCUT2D eigenvalue weighted by Crippen LogP contribution is 2.33. The monoisotopic (exact) mass is 456 g/mol. The van der Waals surface area contributed by atoms with E-state index < -0.39 is 5.82 Å². The lowest BCUT2D eigenvalue weighted by molar-refractivity contribution is -0.125.